The monoisotopic (exact) mass is 717 g/mol. The molecule has 0 saturated carbocycles. The predicted octanol–water partition coefficient (Wildman–Crippen LogP) is 13.6. The fraction of sp³-hybridized carbons (Fsp3) is 0.0577. The molecule has 11 rings (SSSR count). The molecule has 10 aromatic rings. The lowest BCUT2D eigenvalue weighted by Gasteiger charge is -2.22. The lowest BCUT2D eigenvalue weighted by molar-refractivity contribution is 0.660. The highest BCUT2D eigenvalue weighted by Gasteiger charge is 2.35. The maximum atomic E-state index is 6.84. The van der Waals surface area contributed by atoms with Crippen LogP contribution in [-0.4, -0.2) is 15.0 Å². The molecule has 0 fully saturated rings. The number of furan rings is 1. The Bertz CT molecular complexity index is 3100. The van der Waals surface area contributed by atoms with Crippen molar-refractivity contribution in [1.29, 1.82) is 0 Å². The fourth-order valence-corrected chi connectivity index (χ4v) is 8.81. The van der Waals surface area contributed by atoms with Crippen LogP contribution in [0.3, 0.4) is 0 Å². The second-order valence-corrected chi connectivity index (χ2v) is 15.1. The molecule has 56 heavy (non-hydrogen) atoms. The van der Waals surface area contributed by atoms with E-state index in [1.165, 1.54) is 27.8 Å². The lowest BCUT2D eigenvalue weighted by Crippen LogP contribution is -2.14. The molecule has 0 spiro atoms. The molecule has 8 aromatic carbocycles. The predicted molar refractivity (Wildman–Crippen MR) is 229 cm³/mol. The zero-order valence-electron chi connectivity index (χ0n) is 31.0. The molecule has 0 bridgehead atoms. The van der Waals surface area contributed by atoms with Gasteiger partial charge in [-0.25, -0.2) is 15.0 Å². The summed E-state index contributed by atoms with van der Waals surface area (Å²) in [6, 6.07) is 61.8. The molecule has 4 nitrogen and oxygen atoms in total. The zero-order valence-corrected chi connectivity index (χ0v) is 31.0. The van der Waals surface area contributed by atoms with Gasteiger partial charge in [0.2, 0.25) is 0 Å². The Labute approximate surface area is 324 Å². The standard InChI is InChI=1S/C52H35N3O/c1-52(2)44-23-13-11-21-39(44)40-26-25-34(31-45(40)52)35-27-29-41(48-47(35)43-22-12-14-24-46(43)56-48)38-28-30-42(37-20-10-9-19-36(37)38)51-54-49(32-15-5-3-6-16-32)53-50(55-51)33-17-7-4-8-18-33/h3-31H,1-2H3. The van der Waals surface area contributed by atoms with Crippen LogP contribution in [-0.2, 0) is 5.41 Å². The van der Waals surface area contributed by atoms with Crippen LogP contribution >= 0.6 is 0 Å². The Balaban J connectivity index is 1.10. The minimum absolute atomic E-state index is 0.0949. The van der Waals surface area contributed by atoms with Crippen molar-refractivity contribution in [1.82, 2.24) is 15.0 Å². The van der Waals surface area contributed by atoms with E-state index < -0.39 is 0 Å². The molecular formula is C52H35N3O. The summed E-state index contributed by atoms with van der Waals surface area (Å²) in [5, 5.41) is 4.38. The van der Waals surface area contributed by atoms with E-state index in [1.807, 2.05) is 66.7 Å². The molecule has 0 N–H and O–H groups in total. The third-order valence-electron chi connectivity index (χ3n) is 11.6. The van der Waals surface area contributed by atoms with Gasteiger partial charge in [0.05, 0.1) is 0 Å². The normalized spacial score (nSPS) is 13.0. The van der Waals surface area contributed by atoms with E-state index in [9.17, 15) is 0 Å². The minimum atomic E-state index is -0.0949. The Hall–Kier alpha value is -7.17. The van der Waals surface area contributed by atoms with E-state index in [4.69, 9.17) is 19.4 Å². The van der Waals surface area contributed by atoms with Crippen LogP contribution in [0.5, 0.6) is 0 Å². The Kier molecular flexibility index (Phi) is 7.17. The molecule has 0 unspecified atom stereocenters. The molecule has 4 heteroatoms. The molecule has 0 aliphatic heterocycles. The first kappa shape index (κ1) is 32.3. The zero-order chi connectivity index (χ0) is 37.4. The summed E-state index contributed by atoms with van der Waals surface area (Å²) in [6.07, 6.45) is 0. The van der Waals surface area contributed by atoms with Crippen molar-refractivity contribution in [3.8, 4) is 67.5 Å². The van der Waals surface area contributed by atoms with Gasteiger partial charge in [-0.15, -0.1) is 0 Å². The molecule has 0 amide bonds. The number of nitrogens with zero attached hydrogens (tertiary/aromatic N) is 3. The van der Waals surface area contributed by atoms with E-state index in [0.717, 1.165) is 66.1 Å². The fourth-order valence-electron chi connectivity index (χ4n) is 8.81. The molecule has 2 aromatic heterocycles. The highest BCUT2D eigenvalue weighted by molar-refractivity contribution is 6.18. The largest absolute Gasteiger partial charge is 0.455 e. The highest BCUT2D eigenvalue weighted by Crippen LogP contribution is 2.51. The van der Waals surface area contributed by atoms with Crippen LogP contribution in [0.2, 0.25) is 0 Å². The van der Waals surface area contributed by atoms with Gasteiger partial charge in [-0.2, -0.15) is 0 Å². The number of fused-ring (bicyclic) bond motifs is 7. The van der Waals surface area contributed by atoms with Gasteiger partial charge >= 0.3 is 0 Å². The minimum Gasteiger partial charge on any atom is -0.455 e. The van der Waals surface area contributed by atoms with E-state index in [-0.39, 0.29) is 5.41 Å². The first-order chi connectivity index (χ1) is 27.5. The SMILES string of the molecule is CC1(C)c2ccccc2-c2ccc(-c3ccc(-c4ccc(-c5nc(-c6ccccc6)nc(-c6ccccc6)n5)c5ccccc45)c4oc5ccccc5c34)cc21. The second kappa shape index (κ2) is 12.4. The summed E-state index contributed by atoms with van der Waals surface area (Å²) in [4.78, 5) is 15.1. The molecule has 264 valence electrons. The van der Waals surface area contributed by atoms with Crippen molar-refractivity contribution in [2.24, 2.45) is 0 Å². The maximum Gasteiger partial charge on any atom is 0.164 e. The average molecular weight is 718 g/mol. The molecule has 0 radical (unpaired) electrons. The van der Waals surface area contributed by atoms with Gasteiger partial charge in [0.15, 0.2) is 17.5 Å². The third-order valence-corrected chi connectivity index (χ3v) is 11.6. The Morgan fingerprint density at radius 2 is 0.893 bits per heavy atom. The maximum absolute atomic E-state index is 6.84. The van der Waals surface area contributed by atoms with E-state index in [0.29, 0.717) is 17.5 Å². The summed E-state index contributed by atoms with van der Waals surface area (Å²) in [5.41, 5.74) is 14.3. The van der Waals surface area contributed by atoms with Gasteiger partial charge in [0.25, 0.3) is 0 Å². The average Bonchev–Trinajstić information content (AvgIpc) is 3.76. The second-order valence-electron chi connectivity index (χ2n) is 15.1. The molecular weight excluding hydrogens is 683 g/mol. The van der Waals surface area contributed by atoms with E-state index in [2.05, 4.69) is 123 Å². The topological polar surface area (TPSA) is 51.8 Å². The molecule has 1 aliphatic carbocycles. The molecule has 0 atom stereocenters. The summed E-state index contributed by atoms with van der Waals surface area (Å²) < 4.78 is 6.84. The van der Waals surface area contributed by atoms with Gasteiger partial charge in [-0.3, -0.25) is 0 Å². The quantitative estimate of drug-likeness (QED) is 0.178. The summed E-state index contributed by atoms with van der Waals surface area (Å²) >= 11 is 0. The van der Waals surface area contributed by atoms with Crippen LogP contribution in [0.15, 0.2) is 180 Å². The van der Waals surface area contributed by atoms with Crippen molar-refractivity contribution in [3.63, 3.8) is 0 Å². The van der Waals surface area contributed by atoms with Crippen LogP contribution in [0.1, 0.15) is 25.0 Å². The number of para-hydroxylation sites is 1. The van der Waals surface area contributed by atoms with Gasteiger partial charge in [0.1, 0.15) is 11.2 Å². The van der Waals surface area contributed by atoms with Crippen molar-refractivity contribution >= 4 is 32.7 Å². The van der Waals surface area contributed by atoms with Crippen LogP contribution in [0.25, 0.3) is 100 Å². The Morgan fingerprint density at radius 3 is 1.62 bits per heavy atom. The first-order valence-electron chi connectivity index (χ1n) is 19.1. The summed E-state index contributed by atoms with van der Waals surface area (Å²) in [5.74, 6) is 1.91. The van der Waals surface area contributed by atoms with Crippen molar-refractivity contribution in [2.75, 3.05) is 0 Å². The highest BCUT2D eigenvalue weighted by atomic mass is 16.3. The third kappa shape index (κ3) is 4.96. The van der Waals surface area contributed by atoms with Crippen molar-refractivity contribution < 1.29 is 4.42 Å². The first-order valence-corrected chi connectivity index (χ1v) is 19.1. The molecule has 2 heterocycles. The van der Waals surface area contributed by atoms with Gasteiger partial charge in [0, 0.05) is 38.4 Å². The lowest BCUT2D eigenvalue weighted by atomic mass is 9.81. The van der Waals surface area contributed by atoms with Gasteiger partial charge in [-0.05, 0) is 74.0 Å². The Morgan fingerprint density at radius 1 is 0.375 bits per heavy atom. The number of hydrogen-bond donors (Lipinski definition) is 0. The van der Waals surface area contributed by atoms with E-state index in [1.54, 1.807) is 0 Å². The number of aromatic nitrogens is 3. The van der Waals surface area contributed by atoms with Gasteiger partial charge in [-0.1, -0.05) is 166 Å². The molecule has 0 saturated heterocycles. The van der Waals surface area contributed by atoms with Crippen molar-refractivity contribution in [2.45, 2.75) is 19.3 Å². The summed E-state index contributed by atoms with van der Waals surface area (Å²) in [6.45, 7) is 4.67. The number of rotatable bonds is 5. The van der Waals surface area contributed by atoms with Crippen LogP contribution < -0.4 is 0 Å². The number of hydrogen-bond acceptors (Lipinski definition) is 4. The summed E-state index contributed by atoms with van der Waals surface area (Å²) in [7, 11) is 0. The van der Waals surface area contributed by atoms with E-state index >= 15 is 0 Å². The van der Waals surface area contributed by atoms with Crippen LogP contribution in [0, 0.1) is 0 Å². The van der Waals surface area contributed by atoms with Crippen LogP contribution in [0.4, 0.5) is 0 Å². The molecule has 1 aliphatic rings. The van der Waals surface area contributed by atoms with Gasteiger partial charge < -0.3 is 4.42 Å². The number of benzene rings is 8. The van der Waals surface area contributed by atoms with Crippen molar-refractivity contribution in [3.05, 3.63) is 187 Å². The smallest absolute Gasteiger partial charge is 0.164 e.